The van der Waals surface area contributed by atoms with Crippen molar-refractivity contribution < 1.29 is 9.21 Å². The third-order valence-corrected chi connectivity index (χ3v) is 4.57. The predicted molar refractivity (Wildman–Crippen MR) is 86.0 cm³/mol. The summed E-state index contributed by atoms with van der Waals surface area (Å²) >= 11 is 4.85. The first kappa shape index (κ1) is 15.0. The monoisotopic (exact) mass is 317 g/mol. The van der Waals surface area contributed by atoms with Gasteiger partial charge in [0.25, 0.3) is 10.7 Å². The van der Waals surface area contributed by atoms with Crippen LogP contribution in [0.3, 0.4) is 0 Å². The lowest BCUT2D eigenvalue weighted by Crippen LogP contribution is -2.41. The summed E-state index contributed by atoms with van der Waals surface area (Å²) in [6.07, 6.45) is 3.37. The Hall–Kier alpha value is -1.95. The van der Waals surface area contributed by atoms with Crippen molar-refractivity contribution in [3.8, 4) is 11.5 Å². The molecule has 3 rings (SSSR count). The van der Waals surface area contributed by atoms with Gasteiger partial charge in [-0.2, -0.15) is 0 Å². The molecule has 2 aromatic rings. The van der Waals surface area contributed by atoms with Crippen LogP contribution >= 0.6 is 12.2 Å². The molecular formula is C16H19N3O2S. The maximum Gasteiger partial charge on any atom is 0.284 e. The van der Waals surface area contributed by atoms with Crippen molar-refractivity contribution in [3.05, 3.63) is 34.7 Å². The molecule has 1 saturated carbocycles. The van der Waals surface area contributed by atoms with Gasteiger partial charge in [-0.05, 0) is 54.7 Å². The highest BCUT2D eigenvalue weighted by atomic mass is 32.1. The first-order chi connectivity index (χ1) is 10.5. The number of hydrogen-bond donors (Lipinski definition) is 2. The van der Waals surface area contributed by atoms with Gasteiger partial charge in [0.2, 0.25) is 5.89 Å². The lowest BCUT2D eigenvalue weighted by atomic mass is 9.87. The molecule has 0 aliphatic heterocycles. The smallest absolute Gasteiger partial charge is 0.284 e. The van der Waals surface area contributed by atoms with E-state index >= 15 is 0 Å². The van der Waals surface area contributed by atoms with Crippen LogP contribution in [0.4, 0.5) is 0 Å². The number of H-pyrrole nitrogens is 1. The number of nitrogens with zero attached hydrogens (tertiary/aromatic N) is 1. The number of rotatable bonds is 3. The number of benzene rings is 1. The summed E-state index contributed by atoms with van der Waals surface area (Å²) < 4.78 is 5.25. The van der Waals surface area contributed by atoms with E-state index in [1.165, 1.54) is 6.42 Å². The second-order valence-electron chi connectivity index (χ2n) is 6.40. The molecule has 1 aliphatic carbocycles. The van der Waals surface area contributed by atoms with E-state index in [4.69, 9.17) is 16.6 Å². The van der Waals surface area contributed by atoms with Crippen LogP contribution in [-0.4, -0.2) is 22.1 Å². The molecule has 0 spiro atoms. The molecule has 0 saturated heterocycles. The molecule has 0 unspecified atom stereocenters. The number of amides is 1. The topological polar surface area (TPSA) is 70.9 Å². The summed E-state index contributed by atoms with van der Waals surface area (Å²) in [6, 6.07) is 7.41. The Balaban J connectivity index is 1.72. The van der Waals surface area contributed by atoms with E-state index in [9.17, 15) is 4.79 Å². The fraction of sp³-hybridized carbons (Fsp3) is 0.438. The molecular weight excluding hydrogens is 298 g/mol. The van der Waals surface area contributed by atoms with E-state index in [0.29, 0.717) is 11.5 Å². The standard InChI is InChI=1S/C16H19N3O2S/c1-16(2)9-3-4-12(16)17-13(20)10-5-7-11(8-6-10)14-18-19-15(22)21-14/h5-8,12H,3-4,9H2,1-2H3,(H,17,20)(H,19,22)/t12-/m0/s1. The maximum absolute atomic E-state index is 12.4. The SMILES string of the molecule is CC1(C)CCC[C@@H]1NC(=O)c1ccc(-c2n[nH]c(=S)o2)cc1. The minimum absolute atomic E-state index is 0.0329. The molecule has 1 heterocycles. The molecule has 5 nitrogen and oxygen atoms in total. The van der Waals surface area contributed by atoms with E-state index in [2.05, 4.69) is 29.4 Å². The van der Waals surface area contributed by atoms with Crippen molar-refractivity contribution in [2.45, 2.75) is 39.2 Å². The van der Waals surface area contributed by atoms with Gasteiger partial charge in [-0.3, -0.25) is 4.79 Å². The Morgan fingerprint density at radius 1 is 1.41 bits per heavy atom. The molecule has 22 heavy (non-hydrogen) atoms. The second kappa shape index (κ2) is 5.68. The number of hydrogen-bond acceptors (Lipinski definition) is 4. The van der Waals surface area contributed by atoms with Gasteiger partial charge in [-0.25, -0.2) is 5.10 Å². The van der Waals surface area contributed by atoms with Crippen molar-refractivity contribution in [1.82, 2.24) is 15.5 Å². The fourth-order valence-electron chi connectivity index (χ4n) is 2.95. The molecule has 0 bridgehead atoms. The molecule has 1 aliphatic rings. The summed E-state index contributed by atoms with van der Waals surface area (Å²) in [6.45, 7) is 4.42. The maximum atomic E-state index is 12.4. The van der Waals surface area contributed by atoms with Gasteiger partial charge >= 0.3 is 0 Å². The van der Waals surface area contributed by atoms with Crippen LogP contribution in [0.25, 0.3) is 11.5 Å². The molecule has 116 valence electrons. The minimum Gasteiger partial charge on any atom is -0.409 e. The van der Waals surface area contributed by atoms with E-state index in [1.54, 1.807) is 12.1 Å². The zero-order valence-corrected chi connectivity index (χ0v) is 13.5. The van der Waals surface area contributed by atoms with Crippen LogP contribution in [0.15, 0.2) is 28.7 Å². The van der Waals surface area contributed by atoms with Gasteiger partial charge in [0, 0.05) is 17.2 Å². The highest BCUT2D eigenvalue weighted by Crippen LogP contribution is 2.37. The summed E-state index contributed by atoms with van der Waals surface area (Å²) in [5.74, 6) is 0.392. The van der Waals surface area contributed by atoms with Crippen molar-refractivity contribution in [2.75, 3.05) is 0 Å². The number of nitrogens with one attached hydrogen (secondary N) is 2. The zero-order valence-electron chi connectivity index (χ0n) is 12.7. The first-order valence-corrected chi connectivity index (χ1v) is 7.83. The highest BCUT2D eigenvalue weighted by Gasteiger charge is 2.35. The minimum atomic E-state index is -0.0329. The molecule has 1 atom stereocenters. The van der Waals surface area contributed by atoms with Gasteiger partial charge in [0.15, 0.2) is 0 Å². The van der Waals surface area contributed by atoms with Crippen LogP contribution in [0.2, 0.25) is 0 Å². The average Bonchev–Trinajstić information content (AvgIpc) is 3.05. The Morgan fingerprint density at radius 3 is 2.68 bits per heavy atom. The predicted octanol–water partition coefficient (Wildman–Crippen LogP) is 3.71. The lowest BCUT2D eigenvalue weighted by molar-refractivity contribution is 0.0910. The second-order valence-corrected chi connectivity index (χ2v) is 6.77. The van der Waals surface area contributed by atoms with Crippen LogP contribution < -0.4 is 5.32 Å². The Morgan fingerprint density at radius 2 is 2.14 bits per heavy atom. The van der Waals surface area contributed by atoms with Gasteiger partial charge in [0.05, 0.1) is 0 Å². The average molecular weight is 317 g/mol. The molecule has 0 radical (unpaired) electrons. The Bertz CT molecular complexity index is 730. The summed E-state index contributed by atoms with van der Waals surface area (Å²) in [4.78, 5) is 12.6. The molecule has 2 N–H and O–H groups in total. The third kappa shape index (κ3) is 2.97. The third-order valence-electron chi connectivity index (χ3n) is 4.39. The van der Waals surface area contributed by atoms with Gasteiger partial charge in [-0.1, -0.05) is 20.3 Å². The Labute approximate surface area is 134 Å². The van der Waals surface area contributed by atoms with Crippen LogP contribution in [0.1, 0.15) is 43.5 Å². The van der Waals surface area contributed by atoms with E-state index in [0.717, 1.165) is 18.4 Å². The summed E-state index contributed by atoms with van der Waals surface area (Å²) in [5, 5.41) is 9.69. The van der Waals surface area contributed by atoms with Crippen LogP contribution in [0.5, 0.6) is 0 Å². The number of carbonyl (C=O) groups excluding carboxylic acids is 1. The lowest BCUT2D eigenvalue weighted by Gasteiger charge is -2.27. The van der Waals surface area contributed by atoms with E-state index < -0.39 is 0 Å². The zero-order chi connectivity index (χ0) is 15.7. The van der Waals surface area contributed by atoms with Gasteiger partial charge in [0.1, 0.15) is 0 Å². The number of carbonyl (C=O) groups is 1. The molecule has 1 aromatic carbocycles. The number of aromatic nitrogens is 2. The normalized spacial score (nSPS) is 20.0. The van der Waals surface area contributed by atoms with Crippen molar-refractivity contribution >= 4 is 18.1 Å². The van der Waals surface area contributed by atoms with Crippen molar-refractivity contribution in [2.24, 2.45) is 5.41 Å². The van der Waals surface area contributed by atoms with E-state index in [-0.39, 0.29) is 22.2 Å². The van der Waals surface area contributed by atoms with Gasteiger partial charge < -0.3 is 9.73 Å². The number of aromatic amines is 1. The quantitative estimate of drug-likeness (QED) is 0.847. The molecule has 1 amide bonds. The van der Waals surface area contributed by atoms with Gasteiger partial charge in [-0.15, -0.1) is 5.10 Å². The molecule has 1 fully saturated rings. The van der Waals surface area contributed by atoms with Crippen molar-refractivity contribution in [3.63, 3.8) is 0 Å². The van der Waals surface area contributed by atoms with Crippen molar-refractivity contribution in [1.29, 1.82) is 0 Å². The highest BCUT2D eigenvalue weighted by molar-refractivity contribution is 7.71. The van der Waals surface area contributed by atoms with E-state index in [1.807, 2.05) is 12.1 Å². The first-order valence-electron chi connectivity index (χ1n) is 7.42. The molecule has 6 heteroatoms. The Kier molecular flexibility index (Phi) is 3.87. The van der Waals surface area contributed by atoms with Crippen LogP contribution in [0, 0.1) is 10.3 Å². The van der Waals surface area contributed by atoms with Crippen LogP contribution in [-0.2, 0) is 0 Å². The summed E-state index contributed by atoms with van der Waals surface area (Å²) in [7, 11) is 0. The largest absolute Gasteiger partial charge is 0.409 e. The summed E-state index contributed by atoms with van der Waals surface area (Å²) in [5.41, 5.74) is 1.59. The molecule has 1 aromatic heterocycles. The fourth-order valence-corrected chi connectivity index (χ4v) is 3.08.